The first-order valence-corrected chi connectivity index (χ1v) is 6.23. The van der Waals surface area contributed by atoms with Crippen LogP contribution in [0.5, 0.6) is 0 Å². The van der Waals surface area contributed by atoms with Gasteiger partial charge in [0.05, 0.1) is 11.1 Å². The number of benzene rings is 1. The third-order valence-electron chi connectivity index (χ3n) is 2.54. The van der Waals surface area contributed by atoms with Gasteiger partial charge in [0, 0.05) is 11.9 Å². The maximum Gasteiger partial charge on any atom is 0.0980 e. The highest BCUT2D eigenvalue weighted by atomic mass is 32.2. The minimum absolute atomic E-state index is 0.463. The molecule has 1 aromatic carbocycles. The van der Waals surface area contributed by atoms with Gasteiger partial charge in [-0.25, -0.2) is 0 Å². The Kier molecular flexibility index (Phi) is 3.06. The van der Waals surface area contributed by atoms with Crippen LogP contribution >= 0.6 is 11.8 Å². The molecule has 0 amide bonds. The maximum absolute atomic E-state index is 2.33. The lowest BCUT2D eigenvalue weighted by atomic mass is 10.2. The molecule has 0 saturated heterocycles. The number of rotatable bonds is 2. The van der Waals surface area contributed by atoms with Crippen molar-refractivity contribution in [3.8, 4) is 0 Å². The van der Waals surface area contributed by atoms with Crippen molar-refractivity contribution in [3.63, 3.8) is 0 Å². The van der Waals surface area contributed by atoms with Crippen LogP contribution in [0.1, 0.15) is 13.8 Å². The van der Waals surface area contributed by atoms with Crippen molar-refractivity contribution in [2.24, 2.45) is 5.92 Å². The van der Waals surface area contributed by atoms with Crippen LogP contribution < -0.4 is 4.90 Å². The zero-order valence-corrected chi connectivity index (χ0v) is 10.3. The highest BCUT2D eigenvalue weighted by Crippen LogP contribution is 2.42. The molecule has 0 saturated carbocycles. The van der Waals surface area contributed by atoms with E-state index in [1.165, 1.54) is 10.6 Å². The van der Waals surface area contributed by atoms with E-state index < -0.39 is 0 Å². The molecule has 0 radical (unpaired) electrons. The normalized spacial score (nSPS) is 20.3. The second-order valence-electron chi connectivity index (χ2n) is 4.22. The largest absolute Gasteiger partial charge is 0.358 e. The first kappa shape index (κ1) is 10.6. The number of likely N-dealkylation sites (N-methyl/N-ethyl adjacent to an activating group) is 1. The number of thioether (sulfide) groups is 1. The fourth-order valence-corrected chi connectivity index (χ4v) is 2.87. The topological polar surface area (TPSA) is 3.24 Å². The summed E-state index contributed by atoms with van der Waals surface area (Å²) in [6.07, 6.45) is 4.58. The third kappa shape index (κ3) is 2.20. The molecule has 2 heteroatoms. The summed E-state index contributed by atoms with van der Waals surface area (Å²) in [6, 6.07) is 8.59. The van der Waals surface area contributed by atoms with Gasteiger partial charge >= 0.3 is 0 Å². The fraction of sp³-hybridized carbons (Fsp3) is 0.385. The molecule has 0 aliphatic carbocycles. The zero-order valence-electron chi connectivity index (χ0n) is 9.47. The molecule has 1 nitrogen and oxygen atoms in total. The summed E-state index contributed by atoms with van der Waals surface area (Å²) in [4.78, 5) is 3.72. The SMILES string of the molecule is CC(C)C=CC1Sc2ccccc2N1C. The third-order valence-corrected chi connectivity index (χ3v) is 3.85. The Hall–Kier alpha value is -0.890. The van der Waals surface area contributed by atoms with Crippen LogP contribution in [0.3, 0.4) is 0 Å². The lowest BCUT2D eigenvalue weighted by Crippen LogP contribution is -2.22. The minimum atomic E-state index is 0.463. The van der Waals surface area contributed by atoms with E-state index in [0.29, 0.717) is 11.3 Å². The van der Waals surface area contributed by atoms with E-state index in [2.05, 4.69) is 62.2 Å². The van der Waals surface area contributed by atoms with Crippen molar-refractivity contribution in [1.82, 2.24) is 0 Å². The second kappa shape index (κ2) is 4.31. The standard InChI is InChI=1S/C13H17NS/c1-10(2)8-9-13-14(3)11-6-4-5-7-12(11)15-13/h4-10,13H,1-3H3. The maximum atomic E-state index is 2.33. The van der Waals surface area contributed by atoms with Gasteiger partial charge < -0.3 is 4.90 Å². The average molecular weight is 219 g/mol. The van der Waals surface area contributed by atoms with E-state index in [0.717, 1.165) is 0 Å². The average Bonchev–Trinajstić information content (AvgIpc) is 2.54. The predicted octanol–water partition coefficient (Wildman–Crippen LogP) is 3.77. The molecule has 0 bridgehead atoms. The van der Waals surface area contributed by atoms with E-state index in [1.807, 2.05) is 11.8 Å². The number of para-hydroxylation sites is 1. The van der Waals surface area contributed by atoms with Crippen LogP contribution in [0.2, 0.25) is 0 Å². The number of hydrogen-bond donors (Lipinski definition) is 0. The monoisotopic (exact) mass is 219 g/mol. The molecule has 1 heterocycles. The van der Waals surface area contributed by atoms with Crippen molar-refractivity contribution in [2.45, 2.75) is 24.1 Å². The molecule has 0 N–H and O–H groups in total. The fourth-order valence-electron chi connectivity index (χ4n) is 1.68. The molecular weight excluding hydrogens is 202 g/mol. The summed E-state index contributed by atoms with van der Waals surface area (Å²) in [7, 11) is 2.16. The van der Waals surface area contributed by atoms with Gasteiger partial charge in [-0.3, -0.25) is 0 Å². The van der Waals surface area contributed by atoms with Gasteiger partial charge in [0.25, 0.3) is 0 Å². The minimum Gasteiger partial charge on any atom is -0.358 e. The van der Waals surface area contributed by atoms with Crippen LogP contribution in [0.4, 0.5) is 5.69 Å². The summed E-state index contributed by atoms with van der Waals surface area (Å²) >= 11 is 1.93. The molecule has 1 aliphatic rings. The Morgan fingerprint density at radius 1 is 1.33 bits per heavy atom. The van der Waals surface area contributed by atoms with Crippen molar-refractivity contribution in [2.75, 3.05) is 11.9 Å². The smallest absolute Gasteiger partial charge is 0.0980 e. The summed E-state index contributed by atoms with van der Waals surface area (Å²) in [5.41, 5.74) is 1.35. The predicted molar refractivity (Wildman–Crippen MR) is 68.5 cm³/mol. The zero-order chi connectivity index (χ0) is 10.8. The first-order chi connectivity index (χ1) is 7.18. The Labute approximate surface area is 96.2 Å². The van der Waals surface area contributed by atoms with E-state index in [-0.39, 0.29) is 0 Å². The van der Waals surface area contributed by atoms with E-state index >= 15 is 0 Å². The Balaban J connectivity index is 2.16. The van der Waals surface area contributed by atoms with Crippen molar-refractivity contribution < 1.29 is 0 Å². The van der Waals surface area contributed by atoms with Crippen molar-refractivity contribution in [1.29, 1.82) is 0 Å². The van der Waals surface area contributed by atoms with Crippen LogP contribution in [0.15, 0.2) is 41.3 Å². The Bertz CT molecular complexity index is 371. The second-order valence-corrected chi connectivity index (χ2v) is 5.37. The molecule has 0 fully saturated rings. The van der Waals surface area contributed by atoms with Gasteiger partial charge in [-0.2, -0.15) is 0 Å². The number of anilines is 1. The molecule has 2 rings (SSSR count). The van der Waals surface area contributed by atoms with Gasteiger partial charge in [0.15, 0.2) is 0 Å². The lowest BCUT2D eigenvalue weighted by Gasteiger charge is -2.18. The summed E-state index contributed by atoms with van der Waals surface area (Å²) in [6.45, 7) is 4.42. The number of hydrogen-bond acceptors (Lipinski definition) is 2. The van der Waals surface area contributed by atoms with Crippen molar-refractivity contribution in [3.05, 3.63) is 36.4 Å². The quantitative estimate of drug-likeness (QED) is 0.697. The van der Waals surface area contributed by atoms with Crippen molar-refractivity contribution >= 4 is 17.4 Å². The van der Waals surface area contributed by atoms with Gasteiger partial charge in [-0.1, -0.05) is 49.9 Å². The first-order valence-electron chi connectivity index (χ1n) is 5.35. The Morgan fingerprint density at radius 2 is 2.07 bits per heavy atom. The van der Waals surface area contributed by atoms with E-state index in [9.17, 15) is 0 Å². The number of fused-ring (bicyclic) bond motifs is 1. The van der Waals surface area contributed by atoms with Crippen LogP contribution in [-0.4, -0.2) is 12.4 Å². The molecular formula is C13H17NS. The highest BCUT2D eigenvalue weighted by molar-refractivity contribution is 8.00. The molecule has 0 spiro atoms. The molecule has 0 aromatic heterocycles. The lowest BCUT2D eigenvalue weighted by molar-refractivity contribution is 0.822. The number of nitrogens with zero attached hydrogens (tertiary/aromatic N) is 1. The van der Waals surface area contributed by atoms with Gasteiger partial charge in [-0.15, -0.1) is 0 Å². The van der Waals surface area contributed by atoms with Crippen LogP contribution in [0, 0.1) is 5.92 Å². The van der Waals surface area contributed by atoms with Gasteiger partial charge in [-0.05, 0) is 18.1 Å². The highest BCUT2D eigenvalue weighted by Gasteiger charge is 2.24. The molecule has 1 atom stereocenters. The Morgan fingerprint density at radius 3 is 2.73 bits per heavy atom. The summed E-state index contributed by atoms with van der Waals surface area (Å²) in [5, 5.41) is 0.463. The van der Waals surface area contributed by atoms with Gasteiger partial charge in [0.2, 0.25) is 0 Å². The molecule has 1 aliphatic heterocycles. The molecule has 1 aromatic rings. The van der Waals surface area contributed by atoms with Crippen LogP contribution in [0.25, 0.3) is 0 Å². The van der Waals surface area contributed by atoms with Gasteiger partial charge in [0.1, 0.15) is 0 Å². The number of allylic oxidation sites excluding steroid dienone is 1. The molecule has 1 unspecified atom stereocenters. The molecule has 80 valence electrons. The molecule has 15 heavy (non-hydrogen) atoms. The van der Waals surface area contributed by atoms with E-state index in [1.54, 1.807) is 0 Å². The summed E-state index contributed by atoms with van der Waals surface area (Å²) in [5.74, 6) is 0.628. The van der Waals surface area contributed by atoms with Crippen LogP contribution in [-0.2, 0) is 0 Å². The summed E-state index contributed by atoms with van der Waals surface area (Å²) < 4.78 is 0. The van der Waals surface area contributed by atoms with E-state index in [4.69, 9.17) is 0 Å².